The summed E-state index contributed by atoms with van der Waals surface area (Å²) in [6.45, 7) is 53.0. The topological polar surface area (TPSA) is 92.0 Å². The quantitative estimate of drug-likeness (QED) is 0.158. The van der Waals surface area contributed by atoms with E-state index < -0.39 is 0 Å². The highest BCUT2D eigenvalue weighted by Gasteiger charge is 2.25. The molecule has 8 aromatic rings. The predicted molar refractivity (Wildman–Crippen MR) is 292 cm³/mol. The molecule has 0 radical (unpaired) electrons. The lowest BCUT2D eigenvalue weighted by Gasteiger charge is -2.19. The van der Waals surface area contributed by atoms with E-state index in [0.29, 0.717) is 0 Å². The highest BCUT2D eigenvalue weighted by molar-refractivity contribution is 5.80. The number of rotatable bonds is 0. The first-order valence-corrected chi connectivity index (χ1v) is 24.7. The molecule has 368 valence electrons. The number of nitrogens with zero attached hydrogens (tertiary/aromatic N) is 6. The van der Waals surface area contributed by atoms with Gasteiger partial charge in [-0.05, 0) is 68.7 Å². The molecule has 0 spiro atoms. The minimum atomic E-state index is 0.0637. The van der Waals surface area contributed by atoms with Crippen molar-refractivity contribution in [1.29, 1.82) is 0 Å². The lowest BCUT2D eigenvalue weighted by molar-refractivity contribution is 0.553. The van der Waals surface area contributed by atoms with E-state index in [9.17, 15) is 0 Å². The van der Waals surface area contributed by atoms with E-state index >= 15 is 0 Å². The monoisotopic (exact) mass is 921 g/mol. The molecule has 0 fully saturated rings. The summed E-state index contributed by atoms with van der Waals surface area (Å²) >= 11 is 0. The lowest BCUT2D eigenvalue weighted by atomic mass is 9.86. The molecule has 68 heavy (non-hydrogen) atoms. The third kappa shape index (κ3) is 13.1. The summed E-state index contributed by atoms with van der Waals surface area (Å²) in [4.78, 5) is 25.8. The number of benzene rings is 2. The van der Waals surface area contributed by atoms with E-state index in [1.165, 1.54) is 22.3 Å². The molecule has 0 aliphatic carbocycles. The first kappa shape index (κ1) is 53.7. The summed E-state index contributed by atoms with van der Waals surface area (Å²) in [6.07, 6.45) is 8.56. The maximum absolute atomic E-state index is 4.81. The van der Waals surface area contributed by atoms with Crippen molar-refractivity contribution >= 4 is 33.4 Å². The van der Waals surface area contributed by atoms with Crippen molar-refractivity contribution in [3.8, 4) is 0 Å². The zero-order valence-electron chi connectivity index (χ0n) is 46.8. The summed E-state index contributed by atoms with van der Waals surface area (Å²) in [5, 5.41) is 0. The first-order valence-electron chi connectivity index (χ1n) is 24.7. The predicted octanol–water partition coefficient (Wildman–Crippen LogP) is 16.2. The van der Waals surface area contributed by atoms with Crippen LogP contribution in [-0.2, 0) is 43.3 Å². The van der Waals surface area contributed by atoms with Crippen molar-refractivity contribution in [3.05, 3.63) is 131 Å². The van der Waals surface area contributed by atoms with Crippen LogP contribution in [-0.4, -0.2) is 38.7 Å². The summed E-state index contributed by atoms with van der Waals surface area (Å²) in [5.74, 6) is 2.11. The highest BCUT2D eigenvalue weighted by atomic mass is 15.0. The Kier molecular flexibility index (Phi) is 14.7. The van der Waals surface area contributed by atoms with Gasteiger partial charge in [0.25, 0.3) is 0 Å². The Morgan fingerprint density at radius 1 is 0.382 bits per heavy atom. The molecule has 6 aromatic heterocycles. The second-order valence-corrected chi connectivity index (χ2v) is 27.2. The van der Waals surface area contributed by atoms with Crippen LogP contribution in [0.1, 0.15) is 211 Å². The number of fused-ring (bicyclic) bond motifs is 4. The average Bonchev–Trinajstić information content (AvgIpc) is 3.99. The maximum atomic E-state index is 4.81. The van der Waals surface area contributed by atoms with Gasteiger partial charge in [0.1, 0.15) is 22.9 Å². The number of hydrogen-bond acceptors (Lipinski definition) is 4. The van der Waals surface area contributed by atoms with Gasteiger partial charge in [-0.2, -0.15) is 0 Å². The fourth-order valence-corrected chi connectivity index (χ4v) is 7.58. The summed E-state index contributed by atoms with van der Waals surface area (Å²) < 4.78 is 4.28. The number of H-pyrrole nitrogens is 2. The molecule has 0 bridgehead atoms. The van der Waals surface area contributed by atoms with Gasteiger partial charge in [0.15, 0.2) is 0 Å². The second kappa shape index (κ2) is 18.6. The van der Waals surface area contributed by atoms with Gasteiger partial charge in [0, 0.05) is 52.0 Å². The molecule has 0 amide bonds. The molecular formula is C60H88N8. The van der Waals surface area contributed by atoms with E-state index in [1.807, 2.05) is 0 Å². The lowest BCUT2D eigenvalue weighted by Crippen LogP contribution is -2.14. The smallest absolute Gasteiger partial charge is 0.140 e. The Hall–Kier alpha value is -5.24. The SMILES string of the molecule is CC(C)(C)c1ccc2nc(C(C)(C)C)[nH]c2c1.CC(C)(C)c1ccc2nc(C(C)(C)C)cn2c1.CC(C)(C)c1cn2cccc(C(C)(C)C)c2n1.CC(C)(C)c1nc2c(C(C)(C)C)cccc2[nH]1. The number of aromatic amines is 2. The normalized spacial score (nSPS) is 13.3. The van der Waals surface area contributed by atoms with Crippen LogP contribution in [0.15, 0.2) is 85.5 Å². The molecule has 0 saturated heterocycles. The summed E-state index contributed by atoms with van der Waals surface area (Å²) in [6, 6.07) is 21.5. The van der Waals surface area contributed by atoms with Crippen molar-refractivity contribution in [1.82, 2.24) is 38.7 Å². The third-order valence-corrected chi connectivity index (χ3v) is 12.2. The van der Waals surface area contributed by atoms with Crippen LogP contribution in [0, 0.1) is 0 Å². The van der Waals surface area contributed by atoms with Crippen LogP contribution < -0.4 is 0 Å². The van der Waals surface area contributed by atoms with Gasteiger partial charge in [0.05, 0.1) is 33.5 Å². The van der Waals surface area contributed by atoms with Gasteiger partial charge in [-0.1, -0.05) is 197 Å². The van der Waals surface area contributed by atoms with E-state index in [2.05, 4.69) is 280 Å². The van der Waals surface area contributed by atoms with Crippen LogP contribution in [0.2, 0.25) is 0 Å². The molecule has 6 heterocycles. The van der Waals surface area contributed by atoms with Gasteiger partial charge in [-0.15, -0.1) is 0 Å². The Labute approximate surface area is 410 Å². The van der Waals surface area contributed by atoms with Crippen molar-refractivity contribution in [2.75, 3.05) is 0 Å². The highest BCUT2D eigenvalue weighted by Crippen LogP contribution is 2.33. The molecule has 2 aromatic carbocycles. The molecule has 0 saturated carbocycles. The van der Waals surface area contributed by atoms with Gasteiger partial charge in [-0.3, -0.25) is 0 Å². The number of pyridine rings is 2. The van der Waals surface area contributed by atoms with Gasteiger partial charge in [-0.25, -0.2) is 19.9 Å². The number of aromatic nitrogens is 8. The van der Waals surface area contributed by atoms with Crippen LogP contribution in [0.5, 0.6) is 0 Å². The largest absolute Gasteiger partial charge is 0.342 e. The molecule has 0 aliphatic rings. The molecule has 2 N–H and O–H groups in total. The number of hydrogen-bond donors (Lipinski definition) is 2. The van der Waals surface area contributed by atoms with Crippen molar-refractivity contribution in [2.45, 2.75) is 209 Å². The maximum Gasteiger partial charge on any atom is 0.140 e. The molecular weight excluding hydrogens is 833 g/mol. The van der Waals surface area contributed by atoms with Gasteiger partial charge >= 0.3 is 0 Å². The zero-order chi connectivity index (χ0) is 51.4. The van der Waals surface area contributed by atoms with E-state index in [4.69, 9.17) is 9.97 Å². The molecule has 0 atom stereocenters. The minimum absolute atomic E-state index is 0.0637. The summed E-state index contributed by atoms with van der Waals surface area (Å²) in [7, 11) is 0. The fraction of sp³-hybridized carbons (Fsp3) is 0.533. The van der Waals surface area contributed by atoms with Crippen molar-refractivity contribution < 1.29 is 0 Å². The van der Waals surface area contributed by atoms with Crippen LogP contribution in [0.4, 0.5) is 0 Å². The van der Waals surface area contributed by atoms with Crippen LogP contribution in [0.25, 0.3) is 33.4 Å². The standard InChI is InChI=1S/4C15H22N2/c1-14(2,3)11-7-8-13-16-12(15(4,5)6)10-17(13)9-11;1-14(2,3)10-7-8-11-12(9-10)17-13(16-11)15(4,5)6;1-14(2,3)11-8-7-9-17-10-12(15(4,5)6)16-13(11)17;1-14(2,3)10-8-7-9-11-12(10)17-13(16-11)15(4,5)6/h7-10H,1-6H3;7-9H,1-6H3,(H,16,17);7-10H,1-6H3;7-9H,1-6H3,(H,16,17). The van der Waals surface area contributed by atoms with Crippen molar-refractivity contribution in [2.24, 2.45) is 0 Å². The first-order chi connectivity index (χ1) is 30.7. The average molecular weight is 921 g/mol. The number of para-hydroxylation sites is 1. The third-order valence-electron chi connectivity index (χ3n) is 12.2. The Morgan fingerprint density at radius 3 is 1.41 bits per heavy atom. The fourth-order valence-electron chi connectivity index (χ4n) is 7.58. The number of nitrogens with one attached hydrogen (secondary N) is 2. The molecule has 8 heteroatoms. The van der Waals surface area contributed by atoms with Crippen molar-refractivity contribution in [3.63, 3.8) is 0 Å². The Morgan fingerprint density at radius 2 is 0.882 bits per heavy atom. The molecule has 0 aliphatic heterocycles. The number of imidazole rings is 4. The van der Waals surface area contributed by atoms with Gasteiger partial charge < -0.3 is 18.8 Å². The summed E-state index contributed by atoms with van der Waals surface area (Å²) in [5.41, 5.74) is 15.1. The second-order valence-electron chi connectivity index (χ2n) is 27.2. The Balaban J connectivity index is 0.000000169. The molecule has 8 rings (SSSR count). The Bertz CT molecular complexity index is 2730. The molecule has 0 unspecified atom stereocenters. The van der Waals surface area contributed by atoms with Gasteiger partial charge in [0.2, 0.25) is 0 Å². The van der Waals surface area contributed by atoms with E-state index in [0.717, 1.165) is 56.4 Å². The van der Waals surface area contributed by atoms with E-state index in [-0.39, 0.29) is 43.3 Å². The van der Waals surface area contributed by atoms with Crippen LogP contribution >= 0.6 is 0 Å². The zero-order valence-corrected chi connectivity index (χ0v) is 46.8. The van der Waals surface area contributed by atoms with Crippen LogP contribution in [0.3, 0.4) is 0 Å². The minimum Gasteiger partial charge on any atom is -0.342 e. The molecule has 8 nitrogen and oxygen atoms in total. The van der Waals surface area contributed by atoms with E-state index in [1.54, 1.807) is 0 Å².